The molecule has 3 aromatic rings. The fourth-order valence-corrected chi connectivity index (χ4v) is 2.53. The molecule has 0 fully saturated rings. The summed E-state index contributed by atoms with van der Waals surface area (Å²) in [6.45, 7) is 1.83. The summed E-state index contributed by atoms with van der Waals surface area (Å²) in [6.07, 6.45) is 1.55. The van der Waals surface area contributed by atoms with Crippen LogP contribution in [0.5, 0.6) is 11.5 Å². The predicted molar refractivity (Wildman–Crippen MR) is 102 cm³/mol. The lowest BCUT2D eigenvalue weighted by Gasteiger charge is -2.10. The van der Waals surface area contributed by atoms with Crippen LogP contribution in [0.1, 0.15) is 16.1 Å². The van der Waals surface area contributed by atoms with E-state index in [9.17, 15) is 14.9 Å². The highest BCUT2D eigenvalue weighted by atomic mass is 16.6. The van der Waals surface area contributed by atoms with Crippen molar-refractivity contribution in [1.82, 2.24) is 9.78 Å². The Morgan fingerprint density at radius 3 is 2.75 bits per heavy atom. The minimum absolute atomic E-state index is 0.0775. The fraction of sp³-hybridized carbons (Fsp3) is 0.158. The van der Waals surface area contributed by atoms with Gasteiger partial charge in [0.05, 0.1) is 17.7 Å². The predicted octanol–water partition coefficient (Wildman–Crippen LogP) is 3.40. The maximum Gasteiger partial charge on any atom is 0.311 e. The zero-order valence-corrected chi connectivity index (χ0v) is 15.3. The number of benzene rings is 2. The van der Waals surface area contributed by atoms with Crippen LogP contribution in [0.3, 0.4) is 0 Å². The SMILES string of the molecule is COc1ccc(C)cc1NC(=O)c1ccn(COc2ccccc2[N+](=O)[O-])n1. The van der Waals surface area contributed by atoms with Crippen molar-refractivity contribution in [3.05, 3.63) is 76.1 Å². The van der Waals surface area contributed by atoms with Crippen LogP contribution < -0.4 is 14.8 Å². The van der Waals surface area contributed by atoms with Gasteiger partial charge in [-0.1, -0.05) is 18.2 Å². The zero-order chi connectivity index (χ0) is 20.1. The molecule has 0 aliphatic heterocycles. The minimum Gasteiger partial charge on any atom is -0.495 e. The quantitative estimate of drug-likeness (QED) is 0.495. The number of carbonyl (C=O) groups excluding carboxylic acids is 1. The Morgan fingerprint density at radius 1 is 1.21 bits per heavy atom. The first-order valence-electron chi connectivity index (χ1n) is 8.33. The average Bonchev–Trinajstić information content (AvgIpc) is 3.16. The molecule has 28 heavy (non-hydrogen) atoms. The van der Waals surface area contributed by atoms with Crippen LogP contribution in [0.4, 0.5) is 11.4 Å². The topological polar surface area (TPSA) is 109 Å². The van der Waals surface area contributed by atoms with Crippen molar-refractivity contribution in [3.8, 4) is 11.5 Å². The Kier molecular flexibility index (Phi) is 5.54. The number of nitro benzene ring substituents is 1. The van der Waals surface area contributed by atoms with Gasteiger partial charge >= 0.3 is 5.69 Å². The molecule has 9 heteroatoms. The van der Waals surface area contributed by atoms with Gasteiger partial charge in [0.2, 0.25) is 0 Å². The normalized spacial score (nSPS) is 10.4. The second-order valence-electron chi connectivity index (χ2n) is 5.90. The first kappa shape index (κ1) is 18.9. The van der Waals surface area contributed by atoms with Crippen LogP contribution in [-0.2, 0) is 6.73 Å². The van der Waals surface area contributed by atoms with Crippen molar-refractivity contribution < 1.29 is 19.2 Å². The number of ether oxygens (including phenoxy) is 2. The van der Waals surface area contributed by atoms with Gasteiger partial charge < -0.3 is 14.8 Å². The Morgan fingerprint density at radius 2 is 2.00 bits per heavy atom. The number of carbonyl (C=O) groups is 1. The number of hydrogen-bond acceptors (Lipinski definition) is 6. The second-order valence-corrected chi connectivity index (χ2v) is 5.90. The lowest BCUT2D eigenvalue weighted by Crippen LogP contribution is -2.15. The molecular formula is C19H18N4O5. The van der Waals surface area contributed by atoms with E-state index in [1.807, 2.05) is 13.0 Å². The van der Waals surface area contributed by atoms with Gasteiger partial charge in [-0.2, -0.15) is 5.10 Å². The van der Waals surface area contributed by atoms with E-state index in [1.165, 1.54) is 30.0 Å². The number of aryl methyl sites for hydroxylation is 1. The molecule has 0 atom stereocenters. The summed E-state index contributed by atoms with van der Waals surface area (Å²) < 4.78 is 12.1. The molecule has 1 aromatic heterocycles. The Labute approximate surface area is 160 Å². The van der Waals surface area contributed by atoms with Gasteiger partial charge in [-0.15, -0.1) is 0 Å². The van der Waals surface area contributed by atoms with Gasteiger partial charge in [0.1, 0.15) is 5.75 Å². The standard InChI is InChI=1S/C19H18N4O5/c1-13-7-8-17(27-2)15(11-13)20-19(24)14-9-10-22(21-14)12-28-18-6-4-3-5-16(18)23(25)26/h3-11H,12H2,1-2H3,(H,20,24). The number of anilines is 1. The van der Waals surface area contributed by atoms with E-state index in [0.29, 0.717) is 11.4 Å². The zero-order valence-electron chi connectivity index (χ0n) is 15.3. The smallest absolute Gasteiger partial charge is 0.311 e. The van der Waals surface area contributed by atoms with Gasteiger partial charge in [-0.05, 0) is 36.8 Å². The number of amides is 1. The number of nitrogens with one attached hydrogen (secondary N) is 1. The van der Waals surface area contributed by atoms with Gasteiger partial charge in [0, 0.05) is 12.3 Å². The molecule has 1 amide bonds. The molecule has 1 N–H and O–H groups in total. The van der Waals surface area contributed by atoms with Crippen molar-refractivity contribution >= 4 is 17.3 Å². The van der Waals surface area contributed by atoms with Crippen LogP contribution in [0.15, 0.2) is 54.7 Å². The van der Waals surface area contributed by atoms with Gasteiger partial charge in [0.15, 0.2) is 18.2 Å². The molecule has 0 spiro atoms. The maximum atomic E-state index is 12.5. The van der Waals surface area contributed by atoms with Crippen molar-refractivity contribution in [2.24, 2.45) is 0 Å². The van der Waals surface area contributed by atoms with Crippen molar-refractivity contribution in [3.63, 3.8) is 0 Å². The number of hydrogen-bond donors (Lipinski definition) is 1. The molecule has 2 aromatic carbocycles. The lowest BCUT2D eigenvalue weighted by molar-refractivity contribution is -0.386. The molecule has 0 aliphatic carbocycles. The highest BCUT2D eigenvalue weighted by Gasteiger charge is 2.15. The number of nitrogens with zero attached hydrogens (tertiary/aromatic N) is 3. The molecule has 3 rings (SSSR count). The highest BCUT2D eigenvalue weighted by Crippen LogP contribution is 2.27. The first-order chi connectivity index (χ1) is 13.5. The minimum atomic E-state index is -0.521. The maximum absolute atomic E-state index is 12.5. The molecule has 1 heterocycles. The van der Waals surface area contributed by atoms with E-state index in [-0.39, 0.29) is 23.9 Å². The molecule has 9 nitrogen and oxygen atoms in total. The molecule has 0 saturated carbocycles. The first-order valence-corrected chi connectivity index (χ1v) is 8.33. The molecule has 0 aliphatic rings. The Balaban J connectivity index is 1.68. The molecule has 0 saturated heterocycles. The number of aromatic nitrogens is 2. The van der Waals surface area contributed by atoms with E-state index in [0.717, 1.165) is 5.56 Å². The number of nitro groups is 1. The van der Waals surface area contributed by atoms with Crippen LogP contribution in [0.2, 0.25) is 0 Å². The monoisotopic (exact) mass is 382 g/mol. The van der Waals surface area contributed by atoms with Crippen LogP contribution in [-0.4, -0.2) is 27.7 Å². The van der Waals surface area contributed by atoms with Crippen LogP contribution in [0, 0.1) is 17.0 Å². The van der Waals surface area contributed by atoms with E-state index in [4.69, 9.17) is 9.47 Å². The van der Waals surface area contributed by atoms with Gasteiger partial charge in [-0.3, -0.25) is 14.9 Å². The summed E-state index contributed by atoms with van der Waals surface area (Å²) in [5.41, 5.74) is 1.55. The number of methoxy groups -OCH3 is 1. The Hall–Kier alpha value is -3.88. The van der Waals surface area contributed by atoms with Crippen LogP contribution >= 0.6 is 0 Å². The van der Waals surface area contributed by atoms with E-state index in [1.54, 1.807) is 30.5 Å². The summed E-state index contributed by atoms with van der Waals surface area (Å²) in [4.78, 5) is 22.9. The highest BCUT2D eigenvalue weighted by molar-refractivity contribution is 6.03. The van der Waals surface area contributed by atoms with Gasteiger partial charge in [0.25, 0.3) is 5.91 Å². The summed E-state index contributed by atoms with van der Waals surface area (Å²) in [5.74, 6) is 0.255. The molecular weight excluding hydrogens is 364 g/mol. The number of rotatable bonds is 7. The summed E-state index contributed by atoms with van der Waals surface area (Å²) in [7, 11) is 1.52. The van der Waals surface area contributed by atoms with Crippen molar-refractivity contribution in [1.29, 1.82) is 0 Å². The number of para-hydroxylation sites is 2. The molecule has 144 valence electrons. The summed E-state index contributed by atoms with van der Waals surface area (Å²) in [6, 6.07) is 13.0. The van der Waals surface area contributed by atoms with Crippen molar-refractivity contribution in [2.75, 3.05) is 12.4 Å². The molecule has 0 unspecified atom stereocenters. The summed E-state index contributed by atoms with van der Waals surface area (Å²) >= 11 is 0. The van der Waals surface area contributed by atoms with E-state index in [2.05, 4.69) is 10.4 Å². The van der Waals surface area contributed by atoms with Gasteiger partial charge in [-0.25, -0.2) is 4.68 Å². The average molecular weight is 382 g/mol. The largest absolute Gasteiger partial charge is 0.495 e. The third-order valence-electron chi connectivity index (χ3n) is 3.89. The Bertz CT molecular complexity index is 1020. The second kappa shape index (κ2) is 8.21. The fourth-order valence-electron chi connectivity index (χ4n) is 2.53. The van der Waals surface area contributed by atoms with E-state index < -0.39 is 10.8 Å². The molecule has 0 bridgehead atoms. The van der Waals surface area contributed by atoms with Crippen molar-refractivity contribution in [2.45, 2.75) is 13.7 Å². The molecule has 0 radical (unpaired) electrons. The van der Waals surface area contributed by atoms with E-state index >= 15 is 0 Å². The van der Waals surface area contributed by atoms with Crippen LogP contribution in [0.25, 0.3) is 0 Å². The summed E-state index contributed by atoms with van der Waals surface area (Å²) in [5, 5.41) is 17.9. The lowest BCUT2D eigenvalue weighted by atomic mass is 10.2. The third-order valence-corrected chi connectivity index (χ3v) is 3.89. The third kappa shape index (κ3) is 4.26.